The minimum atomic E-state index is 0.122. The second-order valence-corrected chi connectivity index (χ2v) is 9.76. The molecule has 0 amide bonds. The summed E-state index contributed by atoms with van der Waals surface area (Å²) in [6, 6.07) is 5.12. The number of piperidine rings is 1. The number of nitrogens with one attached hydrogen (secondary N) is 2. The lowest BCUT2D eigenvalue weighted by Crippen LogP contribution is -2.63. The van der Waals surface area contributed by atoms with Gasteiger partial charge in [-0.2, -0.15) is 0 Å². The molecule has 144 valence electrons. The molecule has 2 N–H and O–H groups in total. The maximum absolute atomic E-state index is 5.92. The molecule has 2 aliphatic rings. The van der Waals surface area contributed by atoms with Crippen LogP contribution in [0.3, 0.4) is 0 Å². The van der Waals surface area contributed by atoms with Crippen LogP contribution in [0.15, 0.2) is 24.5 Å². The molecule has 1 aromatic rings. The zero-order valence-electron chi connectivity index (χ0n) is 16.7. The fraction of sp³-hybridized carbons (Fsp3) is 0.714. The van der Waals surface area contributed by atoms with E-state index in [0.717, 1.165) is 24.5 Å². The van der Waals surface area contributed by atoms with E-state index in [4.69, 9.17) is 12.2 Å². The first kappa shape index (κ1) is 19.6. The molecule has 0 radical (unpaired) electrons. The Balaban J connectivity index is 1.70. The van der Waals surface area contributed by atoms with Crippen LogP contribution in [0.4, 0.5) is 0 Å². The average Bonchev–Trinajstić information content (AvgIpc) is 3.04. The molecule has 0 spiro atoms. The van der Waals surface area contributed by atoms with Crippen molar-refractivity contribution in [1.82, 2.24) is 20.5 Å². The van der Waals surface area contributed by atoms with Gasteiger partial charge in [0.2, 0.25) is 0 Å². The van der Waals surface area contributed by atoms with Gasteiger partial charge >= 0.3 is 0 Å². The number of hydrogen-bond donors (Lipinski definition) is 2. The summed E-state index contributed by atoms with van der Waals surface area (Å²) in [6.07, 6.45) is 11.1. The largest absolute Gasteiger partial charge is 0.360 e. The SMILES string of the molecule is CC1(C)CC(NC(=S)N(Cc2cccnc2)C2CCCC2)CC(C)(C)N1. The normalized spacial score (nSPS) is 22.9. The van der Waals surface area contributed by atoms with Crippen molar-refractivity contribution >= 4 is 17.3 Å². The van der Waals surface area contributed by atoms with E-state index in [1.165, 1.54) is 31.2 Å². The lowest BCUT2D eigenvalue weighted by Gasteiger charge is -2.47. The van der Waals surface area contributed by atoms with E-state index in [9.17, 15) is 0 Å². The molecular weight excluding hydrogens is 340 g/mol. The summed E-state index contributed by atoms with van der Waals surface area (Å²) in [4.78, 5) is 6.70. The fourth-order valence-electron chi connectivity index (χ4n) is 4.95. The van der Waals surface area contributed by atoms with Gasteiger partial charge in [0.1, 0.15) is 0 Å². The van der Waals surface area contributed by atoms with Crippen LogP contribution in [-0.2, 0) is 6.54 Å². The molecule has 0 aromatic carbocycles. The maximum atomic E-state index is 5.92. The highest BCUT2D eigenvalue weighted by Crippen LogP contribution is 2.30. The van der Waals surface area contributed by atoms with Crippen LogP contribution in [-0.4, -0.2) is 38.2 Å². The standard InChI is InChI=1S/C21H34N4S/c1-20(2)12-17(13-21(3,4)24-20)23-19(26)25(18-9-5-6-10-18)15-16-8-7-11-22-14-16/h7-8,11,14,17-18,24H,5-6,9-10,12-13,15H2,1-4H3,(H,23,26). The second kappa shape index (κ2) is 7.81. The second-order valence-electron chi connectivity index (χ2n) is 9.37. The lowest BCUT2D eigenvalue weighted by atomic mass is 9.80. The first-order valence-electron chi connectivity index (χ1n) is 9.99. The van der Waals surface area contributed by atoms with Gasteiger partial charge in [-0.05, 0) is 77.2 Å². The Morgan fingerprint density at radius 1 is 1.23 bits per heavy atom. The van der Waals surface area contributed by atoms with Crippen molar-refractivity contribution in [3.8, 4) is 0 Å². The Morgan fingerprint density at radius 3 is 2.46 bits per heavy atom. The molecule has 1 saturated carbocycles. The third-order valence-electron chi connectivity index (χ3n) is 5.62. The number of thiocarbonyl (C=S) groups is 1. The van der Waals surface area contributed by atoms with Crippen LogP contribution in [0.5, 0.6) is 0 Å². The lowest BCUT2D eigenvalue weighted by molar-refractivity contribution is 0.152. The number of pyridine rings is 1. The van der Waals surface area contributed by atoms with Crippen molar-refractivity contribution in [2.75, 3.05) is 0 Å². The van der Waals surface area contributed by atoms with Crippen LogP contribution in [0.25, 0.3) is 0 Å². The van der Waals surface area contributed by atoms with E-state index in [2.05, 4.69) is 54.3 Å². The van der Waals surface area contributed by atoms with Gasteiger partial charge in [-0.15, -0.1) is 0 Å². The highest BCUT2D eigenvalue weighted by Gasteiger charge is 2.38. The molecule has 0 bridgehead atoms. The average molecular weight is 375 g/mol. The van der Waals surface area contributed by atoms with E-state index >= 15 is 0 Å². The van der Waals surface area contributed by atoms with Gasteiger partial charge in [-0.1, -0.05) is 18.9 Å². The van der Waals surface area contributed by atoms with Crippen LogP contribution >= 0.6 is 12.2 Å². The Hall–Kier alpha value is -1.20. The number of aromatic nitrogens is 1. The van der Waals surface area contributed by atoms with E-state index in [0.29, 0.717) is 12.1 Å². The third-order valence-corrected chi connectivity index (χ3v) is 5.97. The zero-order valence-corrected chi connectivity index (χ0v) is 17.5. The Labute approximate surface area is 164 Å². The molecule has 4 nitrogen and oxygen atoms in total. The minimum absolute atomic E-state index is 0.122. The van der Waals surface area contributed by atoms with Crippen LogP contribution < -0.4 is 10.6 Å². The molecule has 0 atom stereocenters. The number of hydrogen-bond acceptors (Lipinski definition) is 3. The minimum Gasteiger partial charge on any atom is -0.360 e. The van der Waals surface area contributed by atoms with Crippen LogP contribution in [0.2, 0.25) is 0 Å². The van der Waals surface area contributed by atoms with Crippen LogP contribution in [0, 0.1) is 0 Å². The highest BCUT2D eigenvalue weighted by atomic mass is 32.1. The highest BCUT2D eigenvalue weighted by molar-refractivity contribution is 7.80. The summed E-state index contributed by atoms with van der Waals surface area (Å²) >= 11 is 5.92. The van der Waals surface area contributed by atoms with Gasteiger partial charge in [-0.25, -0.2) is 0 Å². The summed E-state index contributed by atoms with van der Waals surface area (Å²) in [5.41, 5.74) is 1.47. The van der Waals surface area contributed by atoms with E-state index in [1.54, 1.807) is 0 Å². The molecular formula is C21H34N4S. The van der Waals surface area contributed by atoms with Crippen molar-refractivity contribution < 1.29 is 0 Å². The maximum Gasteiger partial charge on any atom is 0.169 e. The predicted molar refractivity (Wildman–Crippen MR) is 112 cm³/mol. The zero-order chi connectivity index (χ0) is 18.8. The van der Waals surface area contributed by atoms with Crippen LogP contribution in [0.1, 0.15) is 71.8 Å². The molecule has 2 fully saturated rings. The van der Waals surface area contributed by atoms with Crippen molar-refractivity contribution in [2.24, 2.45) is 0 Å². The number of rotatable bonds is 4. The predicted octanol–water partition coefficient (Wildman–Crippen LogP) is 4.01. The molecule has 1 aliphatic carbocycles. The van der Waals surface area contributed by atoms with Gasteiger partial charge in [0.25, 0.3) is 0 Å². The summed E-state index contributed by atoms with van der Waals surface area (Å²) in [5, 5.41) is 8.39. The molecule has 1 saturated heterocycles. The van der Waals surface area contributed by atoms with Crippen molar-refractivity contribution in [3.63, 3.8) is 0 Å². The van der Waals surface area contributed by atoms with Gasteiger partial charge in [-0.3, -0.25) is 4.98 Å². The summed E-state index contributed by atoms with van der Waals surface area (Å²) in [5.74, 6) is 0. The first-order chi connectivity index (χ1) is 12.2. The summed E-state index contributed by atoms with van der Waals surface area (Å²) in [7, 11) is 0. The van der Waals surface area contributed by atoms with Crippen molar-refractivity contribution in [1.29, 1.82) is 0 Å². The van der Waals surface area contributed by atoms with Gasteiger partial charge in [0.15, 0.2) is 5.11 Å². The summed E-state index contributed by atoms with van der Waals surface area (Å²) in [6.45, 7) is 10.0. The molecule has 26 heavy (non-hydrogen) atoms. The molecule has 1 aromatic heterocycles. The molecule has 1 aliphatic heterocycles. The number of nitrogens with zero attached hydrogens (tertiary/aromatic N) is 2. The Bertz CT molecular complexity index is 592. The monoisotopic (exact) mass is 374 g/mol. The molecule has 0 unspecified atom stereocenters. The van der Waals surface area contributed by atoms with Gasteiger partial charge in [0.05, 0.1) is 0 Å². The van der Waals surface area contributed by atoms with Gasteiger partial charge in [0, 0.05) is 42.1 Å². The fourth-order valence-corrected chi connectivity index (χ4v) is 5.33. The molecule has 3 rings (SSSR count). The summed E-state index contributed by atoms with van der Waals surface area (Å²) < 4.78 is 0. The quantitative estimate of drug-likeness (QED) is 0.779. The first-order valence-corrected chi connectivity index (χ1v) is 10.4. The van der Waals surface area contributed by atoms with Crippen molar-refractivity contribution in [3.05, 3.63) is 30.1 Å². The smallest absolute Gasteiger partial charge is 0.169 e. The topological polar surface area (TPSA) is 40.2 Å². The van der Waals surface area contributed by atoms with Crippen molar-refractivity contribution in [2.45, 2.75) is 95.9 Å². The molecule has 2 heterocycles. The van der Waals surface area contributed by atoms with Gasteiger partial charge < -0.3 is 15.5 Å². The van der Waals surface area contributed by atoms with E-state index in [-0.39, 0.29) is 11.1 Å². The molecule has 5 heteroatoms. The van der Waals surface area contributed by atoms with E-state index < -0.39 is 0 Å². The van der Waals surface area contributed by atoms with E-state index in [1.807, 2.05) is 18.5 Å². The third kappa shape index (κ3) is 5.17. The Morgan fingerprint density at radius 2 is 1.88 bits per heavy atom. The Kier molecular flexibility index (Phi) is 5.88.